The van der Waals surface area contributed by atoms with Gasteiger partial charge in [-0.25, -0.2) is 4.98 Å². The Balaban J connectivity index is 2.47. The summed E-state index contributed by atoms with van der Waals surface area (Å²) in [7, 11) is 0. The molecule has 0 bridgehead atoms. The van der Waals surface area contributed by atoms with Crippen LogP contribution in [0.2, 0.25) is 0 Å². The van der Waals surface area contributed by atoms with E-state index in [-0.39, 0.29) is 5.75 Å². The van der Waals surface area contributed by atoms with Gasteiger partial charge in [0.1, 0.15) is 11.5 Å². The number of oxazole rings is 1. The Morgan fingerprint density at radius 1 is 1.43 bits per heavy atom. The Morgan fingerprint density at radius 2 is 2.21 bits per heavy atom. The van der Waals surface area contributed by atoms with Gasteiger partial charge in [0.25, 0.3) is 0 Å². The zero-order valence-electron chi connectivity index (χ0n) is 7.49. The molecule has 0 spiro atoms. The van der Waals surface area contributed by atoms with Crippen LogP contribution in [0.1, 0.15) is 5.76 Å². The summed E-state index contributed by atoms with van der Waals surface area (Å²) in [5, 5.41) is 9.30. The number of benzene rings is 1. The van der Waals surface area contributed by atoms with Crippen LogP contribution in [0.3, 0.4) is 0 Å². The third kappa shape index (κ3) is 1.65. The fourth-order valence-electron chi connectivity index (χ4n) is 1.13. The molecule has 1 N–H and O–H groups in total. The van der Waals surface area contributed by atoms with E-state index in [1.165, 1.54) is 0 Å². The second kappa shape index (κ2) is 3.46. The number of halogens is 1. The van der Waals surface area contributed by atoms with E-state index in [0.29, 0.717) is 10.4 Å². The van der Waals surface area contributed by atoms with Crippen LogP contribution in [0.25, 0.3) is 11.5 Å². The number of aryl methyl sites for hydroxylation is 1. The van der Waals surface area contributed by atoms with Gasteiger partial charge in [0.2, 0.25) is 5.89 Å². The highest BCUT2D eigenvalue weighted by Gasteiger charge is 2.06. The van der Waals surface area contributed by atoms with E-state index in [2.05, 4.69) is 20.9 Å². The molecule has 1 aromatic carbocycles. The van der Waals surface area contributed by atoms with E-state index < -0.39 is 0 Å². The molecule has 0 aliphatic carbocycles. The third-order valence-electron chi connectivity index (χ3n) is 1.82. The van der Waals surface area contributed by atoms with Crippen LogP contribution in [0.15, 0.2) is 33.3 Å². The van der Waals surface area contributed by atoms with Crippen molar-refractivity contribution >= 4 is 15.9 Å². The first-order valence-corrected chi connectivity index (χ1v) is 4.87. The van der Waals surface area contributed by atoms with Crippen molar-refractivity contribution in [3.8, 4) is 17.2 Å². The summed E-state index contributed by atoms with van der Waals surface area (Å²) < 4.78 is 5.98. The number of hydrogen-bond acceptors (Lipinski definition) is 3. The second-order valence-corrected chi connectivity index (χ2v) is 3.80. The van der Waals surface area contributed by atoms with Gasteiger partial charge in [0, 0.05) is 5.56 Å². The maximum absolute atomic E-state index is 9.30. The lowest BCUT2D eigenvalue weighted by Crippen LogP contribution is -1.77. The monoisotopic (exact) mass is 253 g/mol. The lowest BCUT2D eigenvalue weighted by molar-refractivity contribution is 0.472. The van der Waals surface area contributed by atoms with Crippen molar-refractivity contribution in [3.63, 3.8) is 0 Å². The van der Waals surface area contributed by atoms with Crippen LogP contribution in [-0.2, 0) is 0 Å². The summed E-state index contributed by atoms with van der Waals surface area (Å²) in [5.41, 5.74) is 0.836. The molecular weight excluding hydrogens is 246 g/mol. The van der Waals surface area contributed by atoms with Crippen molar-refractivity contribution in [3.05, 3.63) is 34.6 Å². The average Bonchev–Trinajstić information content (AvgIpc) is 2.57. The van der Waals surface area contributed by atoms with Crippen LogP contribution in [-0.4, -0.2) is 10.1 Å². The lowest BCUT2D eigenvalue weighted by Gasteiger charge is -1.98. The molecule has 0 saturated carbocycles. The van der Waals surface area contributed by atoms with Crippen molar-refractivity contribution in [2.75, 3.05) is 0 Å². The van der Waals surface area contributed by atoms with Crippen molar-refractivity contribution in [1.29, 1.82) is 0 Å². The van der Waals surface area contributed by atoms with E-state index in [9.17, 15) is 5.11 Å². The van der Waals surface area contributed by atoms with Gasteiger partial charge in [-0.05, 0) is 41.1 Å². The van der Waals surface area contributed by atoms with Gasteiger partial charge in [-0.15, -0.1) is 0 Å². The number of aromatic nitrogens is 1. The van der Waals surface area contributed by atoms with Crippen LogP contribution in [0, 0.1) is 6.92 Å². The molecule has 0 radical (unpaired) electrons. The standard InChI is InChI=1S/C10H8BrNO2/c1-6-5-12-10(14-6)7-2-3-9(13)8(11)4-7/h2-5,13H,1H3. The summed E-state index contributed by atoms with van der Waals surface area (Å²) in [6.07, 6.45) is 1.66. The summed E-state index contributed by atoms with van der Waals surface area (Å²) >= 11 is 3.23. The molecule has 0 aliphatic heterocycles. The Kier molecular flexibility index (Phi) is 2.29. The maximum atomic E-state index is 9.30. The van der Waals surface area contributed by atoms with Gasteiger partial charge in [-0.3, -0.25) is 0 Å². The van der Waals surface area contributed by atoms with Crippen molar-refractivity contribution in [2.45, 2.75) is 6.92 Å². The first-order chi connectivity index (χ1) is 6.66. The predicted molar refractivity (Wildman–Crippen MR) is 56.0 cm³/mol. The molecule has 0 amide bonds. The van der Waals surface area contributed by atoms with Crippen LogP contribution in [0.5, 0.6) is 5.75 Å². The van der Waals surface area contributed by atoms with E-state index in [1.54, 1.807) is 24.4 Å². The zero-order chi connectivity index (χ0) is 10.1. The van der Waals surface area contributed by atoms with Crippen LogP contribution >= 0.6 is 15.9 Å². The molecule has 0 atom stereocenters. The lowest BCUT2D eigenvalue weighted by atomic mass is 10.2. The fourth-order valence-corrected chi connectivity index (χ4v) is 1.51. The van der Waals surface area contributed by atoms with Gasteiger partial charge in [0.05, 0.1) is 10.7 Å². The number of hydrogen-bond donors (Lipinski definition) is 1. The first-order valence-electron chi connectivity index (χ1n) is 4.08. The molecule has 0 aliphatic rings. The second-order valence-electron chi connectivity index (χ2n) is 2.94. The fraction of sp³-hybridized carbons (Fsp3) is 0.100. The summed E-state index contributed by atoms with van der Waals surface area (Å²) in [6.45, 7) is 1.84. The van der Waals surface area contributed by atoms with Gasteiger partial charge >= 0.3 is 0 Å². The highest BCUT2D eigenvalue weighted by Crippen LogP contribution is 2.29. The van der Waals surface area contributed by atoms with E-state index >= 15 is 0 Å². The molecule has 0 fully saturated rings. The molecule has 72 valence electrons. The van der Waals surface area contributed by atoms with Gasteiger partial charge in [0.15, 0.2) is 0 Å². The molecule has 2 rings (SSSR count). The van der Waals surface area contributed by atoms with E-state index in [0.717, 1.165) is 11.3 Å². The van der Waals surface area contributed by atoms with Crippen LogP contribution in [0.4, 0.5) is 0 Å². The molecule has 1 heterocycles. The number of aromatic hydroxyl groups is 1. The van der Waals surface area contributed by atoms with Crippen LogP contribution < -0.4 is 0 Å². The Hall–Kier alpha value is -1.29. The van der Waals surface area contributed by atoms with Crippen molar-refractivity contribution in [2.24, 2.45) is 0 Å². The quantitative estimate of drug-likeness (QED) is 0.850. The maximum Gasteiger partial charge on any atom is 0.226 e. The first kappa shape index (κ1) is 9.27. The van der Waals surface area contributed by atoms with Gasteiger partial charge < -0.3 is 9.52 Å². The smallest absolute Gasteiger partial charge is 0.226 e. The molecule has 3 nitrogen and oxygen atoms in total. The minimum absolute atomic E-state index is 0.206. The van der Waals surface area contributed by atoms with Crippen molar-refractivity contribution < 1.29 is 9.52 Å². The van der Waals surface area contributed by atoms with Gasteiger partial charge in [-0.1, -0.05) is 0 Å². The molecule has 4 heteroatoms. The zero-order valence-corrected chi connectivity index (χ0v) is 9.08. The third-order valence-corrected chi connectivity index (χ3v) is 2.45. The van der Waals surface area contributed by atoms with Gasteiger partial charge in [-0.2, -0.15) is 0 Å². The molecule has 2 aromatic rings. The molecule has 14 heavy (non-hydrogen) atoms. The average molecular weight is 254 g/mol. The summed E-state index contributed by atoms with van der Waals surface area (Å²) in [5.74, 6) is 1.53. The Morgan fingerprint density at radius 3 is 2.79 bits per heavy atom. The highest BCUT2D eigenvalue weighted by atomic mass is 79.9. The van der Waals surface area contributed by atoms with E-state index in [4.69, 9.17) is 4.42 Å². The number of phenols is 1. The normalized spacial score (nSPS) is 10.4. The molecular formula is C10H8BrNO2. The Bertz CT molecular complexity index is 465. The summed E-state index contributed by atoms with van der Waals surface area (Å²) in [6, 6.07) is 5.12. The number of rotatable bonds is 1. The molecule has 0 saturated heterocycles. The highest BCUT2D eigenvalue weighted by molar-refractivity contribution is 9.10. The largest absolute Gasteiger partial charge is 0.507 e. The van der Waals surface area contributed by atoms with E-state index in [1.807, 2.05) is 6.92 Å². The predicted octanol–water partition coefficient (Wildman–Crippen LogP) is 3.12. The topological polar surface area (TPSA) is 46.3 Å². The minimum atomic E-state index is 0.206. The molecule has 1 aromatic heterocycles. The number of nitrogens with zero attached hydrogens (tertiary/aromatic N) is 1. The SMILES string of the molecule is Cc1cnc(-c2ccc(O)c(Br)c2)o1. The Labute approximate surface area is 89.5 Å². The molecule has 0 unspecified atom stereocenters. The summed E-state index contributed by atoms with van der Waals surface area (Å²) in [4.78, 5) is 4.09. The number of phenolic OH excluding ortho intramolecular Hbond substituents is 1. The minimum Gasteiger partial charge on any atom is -0.507 e. The van der Waals surface area contributed by atoms with Crippen molar-refractivity contribution in [1.82, 2.24) is 4.98 Å².